The van der Waals surface area contributed by atoms with E-state index in [2.05, 4.69) is 5.11 Å². The van der Waals surface area contributed by atoms with Crippen molar-refractivity contribution in [3.63, 3.8) is 0 Å². The third-order valence-corrected chi connectivity index (χ3v) is 2.65. The van der Waals surface area contributed by atoms with E-state index in [0.717, 1.165) is 19.0 Å². The highest BCUT2D eigenvalue weighted by Gasteiger charge is 2.19. The predicted octanol–water partition coefficient (Wildman–Crippen LogP) is 1.78. The van der Waals surface area contributed by atoms with Crippen LogP contribution >= 0.6 is 0 Å². The van der Waals surface area contributed by atoms with Gasteiger partial charge in [0.2, 0.25) is 0 Å². The zero-order valence-electron chi connectivity index (χ0n) is 6.92. The first-order chi connectivity index (χ1) is 5.36. The van der Waals surface area contributed by atoms with Gasteiger partial charge in [-0.1, -0.05) is 0 Å². The summed E-state index contributed by atoms with van der Waals surface area (Å²) >= 11 is 0. The van der Waals surface area contributed by atoms with E-state index in [1.807, 2.05) is 0 Å². The lowest BCUT2D eigenvalue weighted by molar-refractivity contribution is 0.282. The second kappa shape index (κ2) is 4.44. The topological polar surface area (TPSA) is 62.2 Å². The average molecular weight is 155 g/mol. The van der Waals surface area contributed by atoms with Crippen LogP contribution < -0.4 is 5.73 Å². The molecule has 3 heteroatoms. The fraction of sp³-hybridized carbons (Fsp3) is 1.00. The van der Waals surface area contributed by atoms with Gasteiger partial charge < -0.3 is 5.73 Å². The van der Waals surface area contributed by atoms with Gasteiger partial charge in [-0.15, -0.1) is 0 Å². The number of nitrogens with zero attached hydrogens (tertiary/aromatic N) is 1. The van der Waals surface area contributed by atoms with E-state index < -0.39 is 0 Å². The maximum absolute atomic E-state index is 6.73. The first-order valence-electron chi connectivity index (χ1n) is 4.40. The van der Waals surface area contributed by atoms with Gasteiger partial charge in [-0.3, -0.25) is 0 Å². The summed E-state index contributed by atoms with van der Waals surface area (Å²) in [6, 6.07) is 0. The molecule has 0 bridgehead atoms. The number of hydrogen-bond donors (Lipinski definition) is 2. The Labute approximate surface area is 67.9 Å². The Bertz CT molecular complexity index is 117. The lowest BCUT2D eigenvalue weighted by Gasteiger charge is -2.25. The molecule has 0 radical (unpaired) electrons. The van der Waals surface area contributed by atoms with Gasteiger partial charge in [-0.2, -0.15) is 5.11 Å². The van der Waals surface area contributed by atoms with Crippen LogP contribution in [0.15, 0.2) is 5.11 Å². The molecule has 11 heavy (non-hydrogen) atoms. The van der Waals surface area contributed by atoms with Crippen molar-refractivity contribution in [1.82, 2.24) is 0 Å². The molecule has 0 heterocycles. The van der Waals surface area contributed by atoms with Gasteiger partial charge in [0, 0.05) is 0 Å². The van der Waals surface area contributed by atoms with Crippen molar-refractivity contribution < 1.29 is 0 Å². The van der Waals surface area contributed by atoms with Gasteiger partial charge in [-0.25, -0.2) is 5.53 Å². The highest BCUT2D eigenvalue weighted by atomic mass is 14.9. The predicted molar refractivity (Wildman–Crippen MR) is 44.5 cm³/mol. The lowest BCUT2D eigenvalue weighted by atomic mass is 9.82. The zero-order chi connectivity index (χ0) is 8.10. The lowest BCUT2D eigenvalue weighted by Crippen LogP contribution is -2.22. The van der Waals surface area contributed by atoms with Crippen molar-refractivity contribution in [3.8, 4) is 0 Å². The summed E-state index contributed by atoms with van der Waals surface area (Å²) < 4.78 is 0. The minimum absolute atomic E-state index is 0.676. The Morgan fingerprint density at radius 2 is 1.73 bits per heavy atom. The first kappa shape index (κ1) is 8.65. The molecule has 1 aliphatic carbocycles. The maximum atomic E-state index is 6.73. The fourth-order valence-electron chi connectivity index (χ4n) is 1.78. The highest BCUT2D eigenvalue weighted by Crippen LogP contribution is 2.27. The Hall–Kier alpha value is -0.440. The Morgan fingerprint density at radius 1 is 1.18 bits per heavy atom. The summed E-state index contributed by atoms with van der Waals surface area (Å²) in [6.07, 6.45) is 4.95. The van der Waals surface area contributed by atoms with Gasteiger partial charge in [-0.05, 0) is 44.1 Å². The van der Waals surface area contributed by atoms with Crippen molar-refractivity contribution in [2.24, 2.45) is 22.7 Å². The first-order valence-corrected chi connectivity index (χ1v) is 4.40. The molecule has 1 saturated carbocycles. The molecule has 0 aromatic rings. The molecule has 0 spiro atoms. The molecule has 3 N–H and O–H groups in total. The van der Waals surface area contributed by atoms with Gasteiger partial charge >= 0.3 is 0 Å². The monoisotopic (exact) mass is 155 g/mol. The molecule has 1 fully saturated rings. The van der Waals surface area contributed by atoms with E-state index in [0.29, 0.717) is 5.92 Å². The average Bonchev–Trinajstić information content (AvgIpc) is 2.07. The van der Waals surface area contributed by atoms with Crippen LogP contribution in [-0.2, 0) is 0 Å². The maximum Gasteiger partial charge on any atom is 0.0624 e. The number of nitrogens with two attached hydrogens (primary N) is 1. The zero-order valence-corrected chi connectivity index (χ0v) is 6.92. The Balaban J connectivity index is 2.18. The second-order valence-electron chi connectivity index (χ2n) is 3.46. The van der Waals surface area contributed by atoms with Crippen LogP contribution in [0.2, 0.25) is 0 Å². The molecule has 0 aromatic carbocycles. The van der Waals surface area contributed by atoms with Crippen molar-refractivity contribution in [2.75, 3.05) is 13.1 Å². The Morgan fingerprint density at radius 3 is 2.18 bits per heavy atom. The minimum atomic E-state index is 0.676. The standard InChI is InChI=1S/C8H17N3/c9-5-7-1-3-8(4-2-7)6-11-10/h7-8,10H,1-6,9H2. The third kappa shape index (κ3) is 2.58. The number of hydrogen-bond acceptors (Lipinski definition) is 3. The second-order valence-corrected chi connectivity index (χ2v) is 3.46. The van der Waals surface area contributed by atoms with Crippen LogP contribution in [-0.4, -0.2) is 13.1 Å². The molecule has 0 aliphatic heterocycles. The molecule has 0 aromatic heterocycles. The van der Waals surface area contributed by atoms with Crippen LogP contribution in [0.1, 0.15) is 25.7 Å². The summed E-state index contributed by atoms with van der Waals surface area (Å²) in [4.78, 5) is 0. The molecule has 3 nitrogen and oxygen atoms in total. The molecule has 0 atom stereocenters. The van der Waals surface area contributed by atoms with Crippen molar-refractivity contribution in [1.29, 1.82) is 5.53 Å². The number of rotatable bonds is 3. The van der Waals surface area contributed by atoms with Crippen LogP contribution in [0.5, 0.6) is 0 Å². The summed E-state index contributed by atoms with van der Waals surface area (Å²) in [6.45, 7) is 1.57. The van der Waals surface area contributed by atoms with Crippen molar-refractivity contribution in [2.45, 2.75) is 25.7 Å². The molecular weight excluding hydrogens is 138 g/mol. The Kier molecular flexibility index (Phi) is 3.49. The SMILES string of the molecule is N=NCC1CCC(CN)CC1. The molecular formula is C8H17N3. The molecule has 1 aliphatic rings. The van der Waals surface area contributed by atoms with E-state index in [4.69, 9.17) is 11.3 Å². The van der Waals surface area contributed by atoms with Gasteiger partial charge in [0.25, 0.3) is 0 Å². The number of nitrogens with one attached hydrogen (secondary N) is 1. The fourth-order valence-corrected chi connectivity index (χ4v) is 1.78. The summed E-state index contributed by atoms with van der Waals surface area (Å²) in [5.41, 5.74) is 12.3. The minimum Gasteiger partial charge on any atom is -0.330 e. The van der Waals surface area contributed by atoms with Crippen LogP contribution in [0.4, 0.5) is 0 Å². The van der Waals surface area contributed by atoms with Crippen molar-refractivity contribution >= 4 is 0 Å². The smallest absolute Gasteiger partial charge is 0.0624 e. The molecule has 1 rings (SSSR count). The van der Waals surface area contributed by atoms with Crippen LogP contribution in [0, 0.1) is 17.4 Å². The quantitative estimate of drug-likeness (QED) is 0.599. The molecule has 0 unspecified atom stereocenters. The van der Waals surface area contributed by atoms with Crippen LogP contribution in [0.3, 0.4) is 0 Å². The van der Waals surface area contributed by atoms with Gasteiger partial charge in [0.05, 0.1) is 6.54 Å². The van der Waals surface area contributed by atoms with Crippen LogP contribution in [0.25, 0.3) is 0 Å². The van der Waals surface area contributed by atoms with E-state index in [-0.39, 0.29) is 0 Å². The molecule has 0 amide bonds. The molecule has 0 saturated heterocycles. The summed E-state index contributed by atoms with van der Waals surface area (Å²) in [5.74, 6) is 1.42. The van der Waals surface area contributed by atoms with E-state index in [1.165, 1.54) is 25.7 Å². The molecule has 64 valence electrons. The van der Waals surface area contributed by atoms with Crippen molar-refractivity contribution in [3.05, 3.63) is 0 Å². The van der Waals surface area contributed by atoms with E-state index in [1.54, 1.807) is 0 Å². The summed E-state index contributed by atoms with van der Waals surface area (Å²) in [7, 11) is 0. The van der Waals surface area contributed by atoms with E-state index in [9.17, 15) is 0 Å². The highest BCUT2D eigenvalue weighted by molar-refractivity contribution is 4.73. The van der Waals surface area contributed by atoms with Gasteiger partial charge in [0.1, 0.15) is 0 Å². The third-order valence-electron chi connectivity index (χ3n) is 2.65. The van der Waals surface area contributed by atoms with E-state index >= 15 is 0 Å². The largest absolute Gasteiger partial charge is 0.330 e. The normalized spacial score (nSPS) is 31.7. The van der Waals surface area contributed by atoms with Gasteiger partial charge in [0.15, 0.2) is 0 Å². The summed E-state index contributed by atoms with van der Waals surface area (Å²) in [5, 5.41) is 3.43.